The maximum Gasteiger partial charge on any atom is 0.236 e. The van der Waals surface area contributed by atoms with Crippen LogP contribution in [0.2, 0.25) is 0 Å². The average Bonchev–Trinajstić information content (AvgIpc) is 3.47. The minimum Gasteiger partial charge on any atom is -0.454 e. The van der Waals surface area contributed by atoms with Gasteiger partial charge in [0.05, 0.1) is 12.6 Å². The molecule has 0 aromatic heterocycles. The molecule has 0 aliphatic carbocycles. The van der Waals surface area contributed by atoms with Gasteiger partial charge in [-0.3, -0.25) is 9.69 Å². The number of benzene rings is 1. The van der Waals surface area contributed by atoms with E-state index >= 15 is 0 Å². The molecule has 0 bridgehead atoms. The Morgan fingerprint density at radius 2 is 1.97 bits per heavy atom. The molecule has 184 valence electrons. The van der Waals surface area contributed by atoms with Crippen LogP contribution in [0.5, 0.6) is 11.5 Å². The fourth-order valence-corrected chi connectivity index (χ4v) is 5.55. The second-order valence-corrected chi connectivity index (χ2v) is 9.93. The van der Waals surface area contributed by atoms with Crippen molar-refractivity contribution in [2.45, 2.75) is 89.7 Å². The van der Waals surface area contributed by atoms with Gasteiger partial charge in [-0.25, -0.2) is 0 Å². The van der Waals surface area contributed by atoms with Crippen LogP contribution in [-0.2, 0) is 9.53 Å². The van der Waals surface area contributed by atoms with E-state index in [4.69, 9.17) is 14.2 Å². The Labute approximate surface area is 199 Å². The van der Waals surface area contributed by atoms with Crippen LogP contribution in [0.4, 0.5) is 0 Å². The van der Waals surface area contributed by atoms with E-state index in [1.54, 1.807) is 0 Å². The van der Waals surface area contributed by atoms with E-state index < -0.39 is 0 Å². The van der Waals surface area contributed by atoms with Crippen molar-refractivity contribution in [3.05, 3.63) is 23.8 Å². The van der Waals surface area contributed by atoms with Crippen molar-refractivity contribution >= 4 is 5.91 Å². The standard InChI is InChI=1S/C27H42N2O4/c1-3-5-14-28(13-4-2)27(30)19-29-18-22(21-9-12-25-26(17-21)33-20-32-25)16-23(29)10-11-24-8-6-7-15-31-24/h9,12,17,22-24H,3-8,10-11,13-16,18-20H2,1-2H3/t22-,23+,24?/m1/s1. The first kappa shape index (κ1) is 24.3. The van der Waals surface area contributed by atoms with Crippen LogP contribution in [0.1, 0.15) is 83.1 Å². The molecule has 4 rings (SSSR count). The maximum atomic E-state index is 13.3. The Bertz CT molecular complexity index is 764. The van der Waals surface area contributed by atoms with Gasteiger partial charge in [0.2, 0.25) is 12.7 Å². The van der Waals surface area contributed by atoms with Crippen molar-refractivity contribution in [3.63, 3.8) is 0 Å². The fraction of sp³-hybridized carbons (Fsp3) is 0.741. The summed E-state index contributed by atoms with van der Waals surface area (Å²) in [6, 6.07) is 6.77. The first-order chi connectivity index (χ1) is 16.2. The number of unbranched alkanes of at least 4 members (excludes halogenated alkanes) is 1. The minimum atomic E-state index is 0.288. The van der Waals surface area contributed by atoms with Gasteiger partial charge in [-0.15, -0.1) is 0 Å². The number of likely N-dealkylation sites (tertiary alicyclic amines) is 1. The van der Waals surface area contributed by atoms with Crippen LogP contribution in [0.15, 0.2) is 18.2 Å². The van der Waals surface area contributed by atoms with Gasteiger partial charge < -0.3 is 19.1 Å². The molecule has 6 heteroatoms. The molecule has 1 unspecified atom stereocenters. The molecule has 0 radical (unpaired) electrons. The summed E-state index contributed by atoms with van der Waals surface area (Å²) >= 11 is 0. The zero-order valence-electron chi connectivity index (χ0n) is 20.6. The quantitative estimate of drug-likeness (QED) is 0.469. The molecule has 1 amide bonds. The zero-order valence-corrected chi connectivity index (χ0v) is 20.6. The van der Waals surface area contributed by atoms with Gasteiger partial charge >= 0.3 is 0 Å². The third-order valence-electron chi connectivity index (χ3n) is 7.46. The summed E-state index contributed by atoms with van der Waals surface area (Å²) in [5.74, 6) is 2.39. The molecule has 1 aromatic carbocycles. The second-order valence-electron chi connectivity index (χ2n) is 9.93. The monoisotopic (exact) mass is 458 g/mol. The van der Waals surface area contributed by atoms with Crippen molar-refractivity contribution in [2.24, 2.45) is 0 Å². The number of hydrogen-bond donors (Lipinski definition) is 0. The van der Waals surface area contributed by atoms with Gasteiger partial charge in [0.1, 0.15) is 0 Å². The van der Waals surface area contributed by atoms with E-state index in [0.29, 0.717) is 31.4 Å². The number of fused-ring (bicyclic) bond motifs is 1. The van der Waals surface area contributed by atoms with Crippen LogP contribution in [-0.4, -0.2) is 67.4 Å². The number of nitrogens with zero attached hydrogens (tertiary/aromatic N) is 2. The largest absolute Gasteiger partial charge is 0.454 e. The van der Waals surface area contributed by atoms with Crippen LogP contribution < -0.4 is 9.47 Å². The Morgan fingerprint density at radius 1 is 1.09 bits per heavy atom. The van der Waals surface area contributed by atoms with E-state index in [1.807, 2.05) is 6.07 Å². The summed E-state index contributed by atoms with van der Waals surface area (Å²) in [5, 5.41) is 0. The highest BCUT2D eigenvalue weighted by molar-refractivity contribution is 5.78. The predicted octanol–water partition coefficient (Wildman–Crippen LogP) is 4.96. The van der Waals surface area contributed by atoms with Gasteiger partial charge in [-0.1, -0.05) is 26.3 Å². The Kier molecular flexibility index (Phi) is 8.90. The summed E-state index contributed by atoms with van der Waals surface area (Å²) in [6.45, 7) is 8.75. The Balaban J connectivity index is 1.43. The molecular weight excluding hydrogens is 416 g/mol. The summed E-state index contributed by atoms with van der Waals surface area (Å²) in [6.07, 6.45) is 10.5. The number of amides is 1. The van der Waals surface area contributed by atoms with E-state index in [2.05, 4.69) is 35.8 Å². The summed E-state index contributed by atoms with van der Waals surface area (Å²) < 4.78 is 17.1. The minimum absolute atomic E-state index is 0.288. The van der Waals surface area contributed by atoms with Gasteiger partial charge in [0, 0.05) is 32.3 Å². The lowest BCUT2D eigenvalue weighted by molar-refractivity contribution is -0.132. The first-order valence-electron chi connectivity index (χ1n) is 13.2. The number of ether oxygens (including phenoxy) is 3. The lowest BCUT2D eigenvalue weighted by atomic mass is 9.93. The number of carbonyl (C=O) groups is 1. The zero-order chi connectivity index (χ0) is 23.0. The van der Waals surface area contributed by atoms with E-state index in [9.17, 15) is 4.79 Å². The molecule has 0 saturated carbocycles. The topological polar surface area (TPSA) is 51.2 Å². The molecule has 6 nitrogen and oxygen atoms in total. The summed E-state index contributed by atoms with van der Waals surface area (Å²) in [5.41, 5.74) is 1.30. The Hall–Kier alpha value is -1.79. The van der Waals surface area contributed by atoms with Gasteiger partial charge in [-0.05, 0) is 75.0 Å². The lowest BCUT2D eigenvalue weighted by Gasteiger charge is -2.30. The number of hydrogen-bond acceptors (Lipinski definition) is 5. The van der Waals surface area contributed by atoms with Crippen LogP contribution in [0, 0.1) is 0 Å². The molecule has 0 N–H and O–H groups in total. The maximum absolute atomic E-state index is 13.3. The third-order valence-corrected chi connectivity index (χ3v) is 7.46. The summed E-state index contributed by atoms with van der Waals surface area (Å²) in [7, 11) is 0. The molecule has 3 heterocycles. The van der Waals surface area contributed by atoms with Crippen molar-refractivity contribution < 1.29 is 19.0 Å². The van der Waals surface area contributed by atoms with Crippen molar-refractivity contribution in [1.82, 2.24) is 9.80 Å². The third kappa shape index (κ3) is 6.42. The Morgan fingerprint density at radius 3 is 2.76 bits per heavy atom. The lowest BCUT2D eigenvalue weighted by Crippen LogP contribution is -2.43. The van der Waals surface area contributed by atoms with Gasteiger partial charge in [0.25, 0.3) is 0 Å². The molecule has 33 heavy (non-hydrogen) atoms. The molecule has 3 aliphatic heterocycles. The van der Waals surface area contributed by atoms with Crippen LogP contribution in [0.3, 0.4) is 0 Å². The molecule has 3 atom stereocenters. The number of carbonyl (C=O) groups excluding carboxylic acids is 1. The molecule has 1 aromatic rings. The molecule has 2 saturated heterocycles. The summed E-state index contributed by atoms with van der Waals surface area (Å²) in [4.78, 5) is 17.8. The van der Waals surface area contributed by atoms with Crippen LogP contribution in [0.25, 0.3) is 0 Å². The fourth-order valence-electron chi connectivity index (χ4n) is 5.55. The van der Waals surface area contributed by atoms with Gasteiger partial charge in [0.15, 0.2) is 11.5 Å². The smallest absolute Gasteiger partial charge is 0.236 e. The van der Waals surface area contributed by atoms with E-state index in [-0.39, 0.29) is 5.91 Å². The van der Waals surface area contributed by atoms with Crippen molar-refractivity contribution in [2.75, 3.05) is 39.6 Å². The molecular formula is C27H42N2O4. The van der Waals surface area contributed by atoms with Crippen molar-refractivity contribution in [3.8, 4) is 11.5 Å². The number of rotatable bonds is 11. The van der Waals surface area contributed by atoms with E-state index in [1.165, 1.54) is 24.8 Å². The molecule has 3 aliphatic rings. The SMILES string of the molecule is CCCCN(CCC)C(=O)CN1C[C@H](c2ccc3c(c2)OCO3)C[C@@H]1CCC1CCCCO1. The molecule has 0 spiro atoms. The average molecular weight is 459 g/mol. The highest BCUT2D eigenvalue weighted by atomic mass is 16.7. The van der Waals surface area contributed by atoms with Crippen molar-refractivity contribution in [1.29, 1.82) is 0 Å². The normalized spacial score (nSPS) is 24.8. The first-order valence-corrected chi connectivity index (χ1v) is 13.2. The highest BCUT2D eigenvalue weighted by Gasteiger charge is 2.35. The van der Waals surface area contributed by atoms with E-state index in [0.717, 1.165) is 76.3 Å². The van der Waals surface area contributed by atoms with Crippen LogP contribution >= 0.6 is 0 Å². The highest BCUT2D eigenvalue weighted by Crippen LogP contribution is 2.39. The predicted molar refractivity (Wildman–Crippen MR) is 130 cm³/mol. The van der Waals surface area contributed by atoms with Gasteiger partial charge in [-0.2, -0.15) is 0 Å². The molecule has 2 fully saturated rings. The second kappa shape index (κ2) is 12.1.